The van der Waals surface area contributed by atoms with Gasteiger partial charge in [-0.1, -0.05) is 48.5 Å². The first-order valence-electron chi connectivity index (χ1n) is 7.34. The molecule has 4 heteroatoms. The van der Waals surface area contributed by atoms with Gasteiger partial charge in [0.25, 0.3) is 0 Å². The topological polar surface area (TPSA) is 26.3 Å². The average Bonchev–Trinajstić information content (AvgIpc) is 2.47. The number of hydrogen-bond donors (Lipinski definition) is 0. The molecule has 22 heavy (non-hydrogen) atoms. The Morgan fingerprint density at radius 3 is 1.95 bits per heavy atom. The van der Waals surface area contributed by atoms with Gasteiger partial charge >= 0.3 is 5.97 Å². The van der Waals surface area contributed by atoms with Crippen LogP contribution in [0.5, 0.6) is 0 Å². The van der Waals surface area contributed by atoms with Crippen LogP contribution >= 0.6 is 11.8 Å². The fraction of sp³-hybridized carbons (Fsp3) is 0.278. The Balaban J connectivity index is 2.38. The maximum Gasteiger partial charge on any atom is 0.323 e. The zero-order valence-corrected chi connectivity index (χ0v) is 16.3. The van der Waals surface area contributed by atoms with Gasteiger partial charge in [-0.2, -0.15) is 0 Å². The standard InChI is InChI=1S/C18H22O2SSi/c1-17(2,3)20-16(19)18(22,14-10-6-4-7-11-14)21-15-12-8-5-9-13-15/h4-13H,1-3,22H3. The molecule has 0 amide bonds. The van der Waals surface area contributed by atoms with Gasteiger partial charge in [0.05, 0.1) is 0 Å². The second kappa shape index (κ2) is 6.71. The number of thioether (sulfide) groups is 1. The third-order valence-electron chi connectivity index (χ3n) is 3.18. The van der Waals surface area contributed by atoms with Crippen LogP contribution < -0.4 is 0 Å². The van der Waals surface area contributed by atoms with Crippen molar-refractivity contribution >= 4 is 28.0 Å². The van der Waals surface area contributed by atoms with Crippen LogP contribution in [0.25, 0.3) is 0 Å². The molecule has 0 aliphatic heterocycles. The summed E-state index contributed by atoms with van der Waals surface area (Å²) in [4.78, 5) is 14.0. The number of carbonyl (C=O) groups is 1. The van der Waals surface area contributed by atoms with Gasteiger partial charge in [-0.05, 0) is 38.5 Å². The number of rotatable bonds is 4. The Labute approximate surface area is 139 Å². The van der Waals surface area contributed by atoms with Crippen LogP contribution in [0, 0.1) is 0 Å². The third kappa shape index (κ3) is 4.24. The van der Waals surface area contributed by atoms with Gasteiger partial charge in [0, 0.05) is 15.1 Å². The van der Waals surface area contributed by atoms with Crippen molar-refractivity contribution in [1.82, 2.24) is 0 Å². The number of carbonyl (C=O) groups excluding carboxylic acids is 1. The van der Waals surface area contributed by atoms with Crippen molar-refractivity contribution in [3.05, 3.63) is 66.2 Å². The first-order chi connectivity index (χ1) is 10.3. The van der Waals surface area contributed by atoms with Crippen molar-refractivity contribution in [3.8, 4) is 0 Å². The summed E-state index contributed by atoms with van der Waals surface area (Å²) >= 11 is 1.58. The van der Waals surface area contributed by atoms with Gasteiger partial charge in [0.15, 0.2) is 0 Å². The molecule has 2 rings (SSSR count). The molecule has 0 spiro atoms. The van der Waals surface area contributed by atoms with E-state index >= 15 is 0 Å². The molecule has 0 saturated carbocycles. The Morgan fingerprint density at radius 1 is 0.955 bits per heavy atom. The maximum atomic E-state index is 12.9. The lowest BCUT2D eigenvalue weighted by atomic mass is 10.1. The van der Waals surface area contributed by atoms with Crippen molar-refractivity contribution in [2.45, 2.75) is 35.6 Å². The summed E-state index contributed by atoms with van der Waals surface area (Å²) in [6.45, 7) is 5.72. The molecular weight excluding hydrogens is 308 g/mol. The summed E-state index contributed by atoms with van der Waals surface area (Å²) in [5, 5.41) is 0. The molecule has 2 aromatic rings. The molecule has 0 aliphatic rings. The molecular formula is C18H22O2SSi. The third-order valence-corrected chi connectivity index (χ3v) is 6.09. The van der Waals surface area contributed by atoms with Gasteiger partial charge < -0.3 is 4.74 Å². The van der Waals surface area contributed by atoms with Gasteiger partial charge in [0.2, 0.25) is 0 Å². The van der Waals surface area contributed by atoms with Crippen LogP contribution in [0.15, 0.2) is 65.6 Å². The predicted molar refractivity (Wildman–Crippen MR) is 96.2 cm³/mol. The van der Waals surface area contributed by atoms with E-state index in [0.717, 1.165) is 10.5 Å². The Kier molecular flexibility index (Phi) is 5.14. The summed E-state index contributed by atoms with van der Waals surface area (Å²) in [6, 6.07) is 19.9. The van der Waals surface area contributed by atoms with E-state index in [4.69, 9.17) is 4.74 Å². The van der Waals surface area contributed by atoms with Crippen molar-refractivity contribution in [2.24, 2.45) is 0 Å². The lowest BCUT2D eigenvalue weighted by Gasteiger charge is -2.31. The van der Waals surface area contributed by atoms with E-state index in [1.165, 1.54) is 0 Å². The molecule has 0 saturated heterocycles. The lowest BCUT2D eigenvalue weighted by Crippen LogP contribution is -2.39. The van der Waals surface area contributed by atoms with Crippen LogP contribution in [-0.4, -0.2) is 21.8 Å². The number of esters is 1. The largest absolute Gasteiger partial charge is 0.459 e. The fourth-order valence-electron chi connectivity index (χ4n) is 2.07. The molecule has 1 unspecified atom stereocenters. The maximum absolute atomic E-state index is 12.9. The molecule has 0 bridgehead atoms. The van der Waals surface area contributed by atoms with E-state index < -0.39 is 9.97 Å². The first kappa shape index (κ1) is 16.8. The van der Waals surface area contributed by atoms with Crippen molar-refractivity contribution in [3.63, 3.8) is 0 Å². The van der Waals surface area contributed by atoms with Crippen LogP contribution in [-0.2, 0) is 13.9 Å². The van der Waals surface area contributed by atoms with Gasteiger partial charge in [-0.15, -0.1) is 11.8 Å². The molecule has 116 valence electrons. The van der Waals surface area contributed by atoms with Gasteiger partial charge in [-0.25, -0.2) is 0 Å². The summed E-state index contributed by atoms with van der Waals surface area (Å²) in [5.41, 5.74) is 0.517. The van der Waals surface area contributed by atoms with Crippen LogP contribution in [0.4, 0.5) is 0 Å². The minimum absolute atomic E-state index is 0.160. The number of hydrogen-bond acceptors (Lipinski definition) is 3. The van der Waals surface area contributed by atoms with E-state index in [1.54, 1.807) is 11.8 Å². The molecule has 1 atom stereocenters. The average molecular weight is 331 g/mol. The van der Waals surface area contributed by atoms with E-state index in [2.05, 4.69) is 0 Å². The predicted octanol–water partition coefficient (Wildman–Crippen LogP) is 3.34. The van der Waals surface area contributed by atoms with Crippen molar-refractivity contribution in [2.75, 3.05) is 0 Å². The van der Waals surface area contributed by atoms with Crippen LogP contribution in [0.1, 0.15) is 26.3 Å². The van der Waals surface area contributed by atoms with Crippen LogP contribution in [0.2, 0.25) is 0 Å². The highest BCUT2D eigenvalue weighted by atomic mass is 32.2. The fourth-order valence-corrected chi connectivity index (χ4v) is 4.36. The quantitative estimate of drug-likeness (QED) is 0.489. The molecule has 0 radical (unpaired) electrons. The highest BCUT2D eigenvalue weighted by molar-refractivity contribution is 8.02. The Morgan fingerprint density at radius 2 is 1.45 bits per heavy atom. The summed E-state index contributed by atoms with van der Waals surface area (Å²) in [5.74, 6) is -0.160. The van der Waals surface area contributed by atoms with Crippen molar-refractivity contribution in [1.29, 1.82) is 0 Å². The molecule has 0 N–H and O–H groups in total. The summed E-state index contributed by atoms with van der Waals surface area (Å²) < 4.78 is 5.06. The van der Waals surface area contributed by atoms with Crippen LogP contribution in [0.3, 0.4) is 0 Å². The molecule has 2 nitrogen and oxygen atoms in total. The zero-order chi connectivity index (χ0) is 16.2. The molecule has 0 fully saturated rings. The Bertz CT molecular complexity index is 623. The molecule has 2 aromatic carbocycles. The second-order valence-corrected chi connectivity index (χ2v) is 10.0. The van der Waals surface area contributed by atoms with Crippen molar-refractivity contribution < 1.29 is 9.53 Å². The zero-order valence-electron chi connectivity index (χ0n) is 13.5. The Hall–Kier alpha value is -1.52. The van der Waals surface area contributed by atoms with E-state index in [-0.39, 0.29) is 5.97 Å². The number of ether oxygens (including phenoxy) is 1. The molecule has 0 heterocycles. The second-order valence-electron chi connectivity index (χ2n) is 6.32. The van der Waals surface area contributed by atoms with E-state index in [9.17, 15) is 4.79 Å². The van der Waals surface area contributed by atoms with Gasteiger partial charge in [-0.3, -0.25) is 4.79 Å². The normalized spacial score (nSPS) is 14.3. The minimum atomic E-state index is -0.643. The minimum Gasteiger partial charge on any atom is -0.459 e. The number of benzene rings is 2. The summed E-state index contributed by atoms with van der Waals surface area (Å²) in [7, 11) is 0.656. The highest BCUT2D eigenvalue weighted by Crippen LogP contribution is 2.40. The summed E-state index contributed by atoms with van der Waals surface area (Å²) in [6.07, 6.45) is 0. The highest BCUT2D eigenvalue weighted by Gasteiger charge is 2.39. The molecule has 0 aromatic heterocycles. The van der Waals surface area contributed by atoms with E-state index in [0.29, 0.717) is 10.2 Å². The molecule has 0 aliphatic carbocycles. The monoisotopic (exact) mass is 330 g/mol. The van der Waals surface area contributed by atoms with E-state index in [1.807, 2.05) is 81.4 Å². The SMILES string of the molecule is CC(C)(C)OC(=O)C([SiH3])(Sc1ccccc1)c1ccccc1. The lowest BCUT2D eigenvalue weighted by molar-refractivity contribution is -0.155. The first-order valence-corrected chi connectivity index (χ1v) is 9.16. The smallest absolute Gasteiger partial charge is 0.323 e. The van der Waals surface area contributed by atoms with Gasteiger partial charge in [0.1, 0.15) is 9.97 Å².